The van der Waals surface area contributed by atoms with Gasteiger partial charge in [-0.1, -0.05) is 6.92 Å². The van der Waals surface area contributed by atoms with E-state index in [-0.39, 0.29) is 0 Å². The number of aryl methyl sites for hydroxylation is 1. The van der Waals surface area contributed by atoms with Gasteiger partial charge in [-0.05, 0) is 25.2 Å². The van der Waals surface area contributed by atoms with Gasteiger partial charge in [-0.15, -0.1) is 11.6 Å². The summed E-state index contributed by atoms with van der Waals surface area (Å²) in [6, 6.07) is 2.10. The van der Waals surface area contributed by atoms with E-state index in [2.05, 4.69) is 27.9 Å². The van der Waals surface area contributed by atoms with Gasteiger partial charge < -0.3 is 4.90 Å². The number of alkyl halides is 1. The first-order chi connectivity index (χ1) is 7.83. The van der Waals surface area contributed by atoms with E-state index in [4.69, 9.17) is 11.6 Å². The van der Waals surface area contributed by atoms with E-state index in [1.54, 1.807) is 6.33 Å². The van der Waals surface area contributed by atoms with Crippen LogP contribution >= 0.6 is 11.6 Å². The predicted octanol–water partition coefficient (Wildman–Crippen LogP) is 2.49. The number of hydrogen-bond acceptors (Lipinski definition) is 3. The third-order valence-electron chi connectivity index (χ3n) is 3.20. The fourth-order valence-corrected chi connectivity index (χ4v) is 2.49. The molecule has 0 saturated carbocycles. The molecule has 2 heterocycles. The zero-order chi connectivity index (χ0) is 11.4. The number of nitrogens with zero attached hydrogens (tertiary/aromatic N) is 3. The molecule has 1 unspecified atom stereocenters. The van der Waals surface area contributed by atoms with Gasteiger partial charge in [0.1, 0.15) is 12.1 Å². The van der Waals surface area contributed by atoms with E-state index in [1.165, 1.54) is 6.42 Å². The van der Waals surface area contributed by atoms with Gasteiger partial charge in [-0.25, -0.2) is 9.97 Å². The maximum atomic E-state index is 5.78. The zero-order valence-electron chi connectivity index (χ0n) is 9.69. The summed E-state index contributed by atoms with van der Waals surface area (Å²) >= 11 is 5.78. The molecule has 1 aliphatic heterocycles. The first-order valence-corrected chi connectivity index (χ1v) is 6.48. The van der Waals surface area contributed by atoms with Crippen molar-refractivity contribution in [2.24, 2.45) is 5.92 Å². The maximum Gasteiger partial charge on any atom is 0.132 e. The number of rotatable bonds is 4. The average molecular weight is 240 g/mol. The van der Waals surface area contributed by atoms with Gasteiger partial charge in [0.05, 0.1) is 0 Å². The molecule has 1 atom stereocenters. The van der Waals surface area contributed by atoms with Crippen LogP contribution in [0.25, 0.3) is 0 Å². The molecule has 1 aromatic heterocycles. The summed E-state index contributed by atoms with van der Waals surface area (Å²) in [7, 11) is 0. The Hall–Kier alpha value is -0.830. The molecule has 0 spiro atoms. The monoisotopic (exact) mass is 239 g/mol. The molecule has 3 nitrogen and oxygen atoms in total. The SMILES string of the molecule is CCc1cc(N2CCC(CCCl)C2)ncn1. The molecule has 88 valence electrons. The van der Waals surface area contributed by atoms with E-state index >= 15 is 0 Å². The van der Waals surface area contributed by atoms with Crippen LogP contribution < -0.4 is 4.90 Å². The molecule has 1 aromatic rings. The van der Waals surface area contributed by atoms with Crippen LogP contribution in [0.3, 0.4) is 0 Å². The largest absolute Gasteiger partial charge is 0.356 e. The Morgan fingerprint density at radius 1 is 1.50 bits per heavy atom. The fourth-order valence-electron chi connectivity index (χ4n) is 2.18. The first kappa shape index (κ1) is 11.6. The lowest BCUT2D eigenvalue weighted by atomic mass is 10.1. The molecule has 2 rings (SSSR count). The minimum atomic E-state index is 0.734. The topological polar surface area (TPSA) is 29.0 Å². The first-order valence-electron chi connectivity index (χ1n) is 5.95. The summed E-state index contributed by atoms with van der Waals surface area (Å²) in [5, 5.41) is 0. The Morgan fingerprint density at radius 2 is 2.38 bits per heavy atom. The third kappa shape index (κ3) is 2.64. The van der Waals surface area contributed by atoms with Crippen molar-refractivity contribution in [2.45, 2.75) is 26.2 Å². The molecule has 1 saturated heterocycles. The standard InChI is InChI=1S/C12H18ClN3/c1-2-11-7-12(15-9-14-11)16-6-4-10(8-16)3-5-13/h7,9-10H,2-6,8H2,1H3. The number of anilines is 1. The maximum absolute atomic E-state index is 5.78. The van der Waals surface area contributed by atoms with Gasteiger partial charge in [-0.2, -0.15) is 0 Å². The summed E-state index contributed by atoms with van der Waals surface area (Å²) in [4.78, 5) is 10.9. The molecule has 16 heavy (non-hydrogen) atoms. The Morgan fingerprint density at radius 3 is 3.12 bits per heavy atom. The van der Waals surface area contributed by atoms with E-state index < -0.39 is 0 Å². The molecular formula is C12H18ClN3. The van der Waals surface area contributed by atoms with Gasteiger partial charge >= 0.3 is 0 Å². The summed E-state index contributed by atoms with van der Waals surface area (Å²) in [6.07, 6.45) is 4.99. The normalized spacial score (nSPS) is 20.4. The van der Waals surface area contributed by atoms with Crippen LogP contribution in [-0.2, 0) is 6.42 Å². The van der Waals surface area contributed by atoms with Crippen molar-refractivity contribution in [3.8, 4) is 0 Å². The lowest BCUT2D eigenvalue weighted by Gasteiger charge is -2.17. The molecule has 1 aliphatic rings. The van der Waals surface area contributed by atoms with Crippen molar-refractivity contribution < 1.29 is 0 Å². The van der Waals surface area contributed by atoms with Crippen molar-refractivity contribution in [1.29, 1.82) is 0 Å². The van der Waals surface area contributed by atoms with Crippen LogP contribution in [0.2, 0.25) is 0 Å². The molecule has 0 bridgehead atoms. The molecule has 0 aromatic carbocycles. The van der Waals surface area contributed by atoms with Crippen LogP contribution in [0.4, 0.5) is 5.82 Å². The predicted molar refractivity (Wildman–Crippen MR) is 67.1 cm³/mol. The average Bonchev–Trinajstić information content (AvgIpc) is 2.78. The number of hydrogen-bond donors (Lipinski definition) is 0. The van der Waals surface area contributed by atoms with Crippen molar-refractivity contribution in [2.75, 3.05) is 23.9 Å². The minimum Gasteiger partial charge on any atom is -0.356 e. The van der Waals surface area contributed by atoms with Crippen molar-refractivity contribution >= 4 is 17.4 Å². The lowest BCUT2D eigenvalue weighted by Crippen LogP contribution is -2.21. The quantitative estimate of drug-likeness (QED) is 0.756. The van der Waals surface area contributed by atoms with E-state index in [0.29, 0.717) is 0 Å². The highest BCUT2D eigenvalue weighted by Crippen LogP contribution is 2.24. The molecule has 0 aliphatic carbocycles. The van der Waals surface area contributed by atoms with Crippen LogP contribution in [0.1, 0.15) is 25.5 Å². The third-order valence-corrected chi connectivity index (χ3v) is 3.42. The molecule has 0 N–H and O–H groups in total. The second kappa shape index (κ2) is 5.48. The second-order valence-electron chi connectivity index (χ2n) is 4.30. The van der Waals surface area contributed by atoms with Gasteiger partial charge in [0.2, 0.25) is 0 Å². The summed E-state index contributed by atoms with van der Waals surface area (Å²) in [5.74, 6) is 2.57. The molecule has 4 heteroatoms. The summed E-state index contributed by atoms with van der Waals surface area (Å²) in [6.45, 7) is 4.31. The van der Waals surface area contributed by atoms with Crippen molar-refractivity contribution in [3.05, 3.63) is 18.1 Å². The second-order valence-corrected chi connectivity index (χ2v) is 4.68. The number of aromatic nitrogens is 2. The van der Waals surface area contributed by atoms with E-state index in [0.717, 1.165) is 49.2 Å². The number of halogens is 1. The van der Waals surface area contributed by atoms with E-state index in [1.807, 2.05) is 0 Å². The van der Waals surface area contributed by atoms with Crippen molar-refractivity contribution in [1.82, 2.24) is 9.97 Å². The molecular weight excluding hydrogens is 222 g/mol. The van der Waals surface area contributed by atoms with E-state index in [9.17, 15) is 0 Å². The lowest BCUT2D eigenvalue weighted by molar-refractivity contribution is 0.572. The molecule has 1 fully saturated rings. The minimum absolute atomic E-state index is 0.734. The van der Waals surface area contributed by atoms with Crippen LogP contribution in [-0.4, -0.2) is 28.9 Å². The highest BCUT2D eigenvalue weighted by molar-refractivity contribution is 6.17. The van der Waals surface area contributed by atoms with Gasteiger partial charge in [0.15, 0.2) is 0 Å². The molecule has 0 radical (unpaired) electrons. The highest BCUT2D eigenvalue weighted by Gasteiger charge is 2.22. The summed E-state index contributed by atoms with van der Waals surface area (Å²) < 4.78 is 0. The Balaban J connectivity index is 2.02. The Labute approximate surface area is 102 Å². The van der Waals surface area contributed by atoms with Gasteiger partial charge in [0.25, 0.3) is 0 Å². The van der Waals surface area contributed by atoms with Crippen LogP contribution in [0, 0.1) is 5.92 Å². The zero-order valence-corrected chi connectivity index (χ0v) is 10.5. The smallest absolute Gasteiger partial charge is 0.132 e. The van der Waals surface area contributed by atoms with Crippen molar-refractivity contribution in [3.63, 3.8) is 0 Å². The highest BCUT2D eigenvalue weighted by atomic mass is 35.5. The molecule has 0 amide bonds. The Kier molecular flexibility index (Phi) is 3.99. The van der Waals surface area contributed by atoms with Crippen LogP contribution in [0.15, 0.2) is 12.4 Å². The summed E-state index contributed by atoms with van der Waals surface area (Å²) in [5.41, 5.74) is 1.12. The van der Waals surface area contributed by atoms with Crippen LogP contribution in [0.5, 0.6) is 0 Å². The Bertz CT molecular complexity index is 343. The van der Waals surface area contributed by atoms with Gasteiger partial charge in [0, 0.05) is 30.7 Å². The fraction of sp³-hybridized carbons (Fsp3) is 0.667. The van der Waals surface area contributed by atoms with Gasteiger partial charge in [-0.3, -0.25) is 0 Å².